The molecular formula is C18H23O4PS. The van der Waals surface area contributed by atoms with Crippen LogP contribution < -0.4 is 0 Å². The van der Waals surface area contributed by atoms with E-state index in [9.17, 15) is 19.6 Å². The van der Waals surface area contributed by atoms with E-state index in [1.807, 2.05) is 56.3 Å². The van der Waals surface area contributed by atoms with Gasteiger partial charge in [-0.2, -0.15) is 0 Å². The summed E-state index contributed by atoms with van der Waals surface area (Å²) in [5.41, 5.74) is -1.57. The van der Waals surface area contributed by atoms with Gasteiger partial charge in [0.2, 0.25) is 0 Å². The van der Waals surface area contributed by atoms with E-state index in [1.54, 1.807) is 0 Å². The lowest BCUT2D eigenvalue weighted by atomic mass is 9.94. The lowest BCUT2D eigenvalue weighted by Crippen LogP contribution is -2.42. The maximum absolute atomic E-state index is 12.4. The summed E-state index contributed by atoms with van der Waals surface area (Å²) < 4.78 is 12.4. The molecule has 4 nitrogen and oxygen atoms in total. The molecule has 0 saturated carbocycles. The summed E-state index contributed by atoms with van der Waals surface area (Å²) >= 11 is 1.46. The van der Waals surface area contributed by atoms with Gasteiger partial charge >= 0.3 is 5.97 Å². The highest BCUT2D eigenvalue weighted by atomic mass is 32.2. The lowest BCUT2D eigenvalue weighted by molar-refractivity contribution is -0.157. The Labute approximate surface area is 147 Å². The summed E-state index contributed by atoms with van der Waals surface area (Å²) in [5, 5.41) is 21.8. The third kappa shape index (κ3) is 4.85. The fraction of sp³-hybridized carbons (Fsp3) is 0.389. The van der Waals surface area contributed by atoms with E-state index < -0.39 is 19.4 Å². The van der Waals surface area contributed by atoms with Crippen LogP contribution in [0.15, 0.2) is 47.4 Å². The molecule has 0 fully saturated rings. The maximum atomic E-state index is 12.4. The van der Waals surface area contributed by atoms with Crippen molar-refractivity contribution in [1.82, 2.24) is 0 Å². The van der Waals surface area contributed by atoms with Gasteiger partial charge in [-0.3, -0.25) is 0 Å². The molecule has 2 N–H and O–H groups in total. The normalized spacial score (nSPS) is 15.3. The number of carboxylic acids is 1. The van der Waals surface area contributed by atoms with Crippen molar-refractivity contribution in [3.63, 3.8) is 0 Å². The Kier molecular flexibility index (Phi) is 6.50. The number of carbonyl (C=O) groups is 1. The molecule has 0 aromatic heterocycles. The Morgan fingerprint density at radius 2 is 1.88 bits per heavy atom. The first-order valence-corrected chi connectivity index (χ1v) is 10.7. The number of aliphatic carboxylic acids is 1. The Morgan fingerprint density at radius 3 is 2.54 bits per heavy atom. The van der Waals surface area contributed by atoms with Crippen LogP contribution in [0.25, 0.3) is 10.8 Å². The van der Waals surface area contributed by atoms with Crippen LogP contribution in [0.1, 0.15) is 20.3 Å². The molecule has 0 saturated heterocycles. The first-order valence-electron chi connectivity index (χ1n) is 7.90. The molecule has 6 heteroatoms. The topological polar surface area (TPSA) is 74.6 Å². The quantitative estimate of drug-likeness (QED) is 0.538. The first-order chi connectivity index (χ1) is 11.3. The van der Waals surface area contributed by atoms with Crippen molar-refractivity contribution in [3.05, 3.63) is 42.5 Å². The molecule has 24 heavy (non-hydrogen) atoms. The van der Waals surface area contributed by atoms with Gasteiger partial charge in [-0.1, -0.05) is 50.2 Å². The van der Waals surface area contributed by atoms with E-state index in [0.29, 0.717) is 5.49 Å². The average Bonchev–Trinajstić information content (AvgIpc) is 2.51. The highest BCUT2D eigenvalue weighted by Crippen LogP contribution is 2.38. The second-order valence-corrected chi connectivity index (χ2v) is 9.73. The van der Waals surface area contributed by atoms with Crippen LogP contribution in [0.5, 0.6) is 0 Å². The molecule has 0 aliphatic heterocycles. The van der Waals surface area contributed by atoms with Crippen molar-refractivity contribution in [1.29, 1.82) is 0 Å². The van der Waals surface area contributed by atoms with E-state index in [1.165, 1.54) is 11.8 Å². The van der Waals surface area contributed by atoms with Crippen LogP contribution in [0, 0.1) is 5.92 Å². The van der Waals surface area contributed by atoms with Crippen molar-refractivity contribution in [3.8, 4) is 0 Å². The molecule has 0 amide bonds. The predicted molar refractivity (Wildman–Crippen MR) is 101 cm³/mol. The summed E-state index contributed by atoms with van der Waals surface area (Å²) in [5.74, 6) is -1.27. The van der Waals surface area contributed by atoms with Crippen molar-refractivity contribution >= 4 is 36.3 Å². The van der Waals surface area contributed by atoms with Gasteiger partial charge in [0.25, 0.3) is 0 Å². The molecule has 0 spiro atoms. The van der Waals surface area contributed by atoms with Crippen molar-refractivity contribution in [2.45, 2.75) is 30.8 Å². The highest BCUT2D eigenvalue weighted by Gasteiger charge is 2.38. The van der Waals surface area contributed by atoms with Crippen LogP contribution >= 0.6 is 19.6 Å². The zero-order chi connectivity index (χ0) is 17.7. The Bertz CT molecular complexity index is 741. The van der Waals surface area contributed by atoms with E-state index in [4.69, 9.17) is 0 Å². The summed E-state index contributed by atoms with van der Waals surface area (Å²) in [6.07, 6.45) is -0.0688. The van der Waals surface area contributed by atoms with Crippen molar-refractivity contribution in [2.24, 2.45) is 5.92 Å². The minimum absolute atomic E-state index is 0.0200. The fourth-order valence-corrected chi connectivity index (χ4v) is 5.91. The summed E-state index contributed by atoms with van der Waals surface area (Å²) in [4.78, 5) is 12.4. The van der Waals surface area contributed by atoms with Gasteiger partial charge < -0.3 is 14.8 Å². The third-order valence-corrected chi connectivity index (χ3v) is 7.28. The standard InChI is InChI=1S/C18H23O4PS/c1-13(2)10-18(21,17(19)20)11-23(22)12-24-16-9-5-7-14-6-3-4-8-15(14)16/h3-9,13,21,23H,10-12H2,1-2H3,(H,19,20). The lowest BCUT2D eigenvalue weighted by Gasteiger charge is -2.24. The van der Waals surface area contributed by atoms with Crippen LogP contribution in [0.4, 0.5) is 0 Å². The number of benzene rings is 2. The zero-order valence-corrected chi connectivity index (χ0v) is 15.7. The number of thioether (sulfide) groups is 1. The molecule has 130 valence electrons. The van der Waals surface area contributed by atoms with Crippen LogP contribution in [-0.4, -0.2) is 33.4 Å². The zero-order valence-electron chi connectivity index (χ0n) is 13.9. The minimum Gasteiger partial charge on any atom is -0.479 e. The van der Waals surface area contributed by atoms with Gasteiger partial charge in [-0.05, 0) is 29.2 Å². The number of rotatable bonds is 8. The van der Waals surface area contributed by atoms with E-state index in [0.717, 1.165) is 15.7 Å². The van der Waals surface area contributed by atoms with Gasteiger partial charge in [0, 0.05) is 16.6 Å². The number of hydrogen-bond donors (Lipinski definition) is 2. The van der Waals surface area contributed by atoms with E-state index in [2.05, 4.69) is 0 Å². The molecule has 2 aromatic rings. The first kappa shape index (κ1) is 19.0. The van der Waals surface area contributed by atoms with Gasteiger partial charge in [0.1, 0.15) is 0 Å². The Balaban J connectivity index is 2.05. The van der Waals surface area contributed by atoms with Gasteiger partial charge in [-0.25, -0.2) is 4.79 Å². The molecule has 0 bridgehead atoms. The van der Waals surface area contributed by atoms with Crippen LogP contribution in [-0.2, 0) is 9.36 Å². The maximum Gasteiger partial charge on any atom is 0.336 e. The molecule has 2 atom stereocenters. The molecule has 0 heterocycles. The second-order valence-electron chi connectivity index (χ2n) is 6.42. The van der Waals surface area contributed by atoms with Gasteiger partial charge in [-0.15, -0.1) is 11.8 Å². The van der Waals surface area contributed by atoms with Crippen LogP contribution in [0.3, 0.4) is 0 Å². The SMILES string of the molecule is CC(C)CC(O)(C[PH](=O)CSc1cccc2ccccc12)C(=O)O. The number of hydrogen-bond acceptors (Lipinski definition) is 4. The molecule has 2 rings (SSSR count). The van der Waals surface area contributed by atoms with Crippen molar-refractivity contribution < 1.29 is 19.6 Å². The van der Waals surface area contributed by atoms with E-state index in [-0.39, 0.29) is 18.5 Å². The average molecular weight is 366 g/mol. The second kappa shape index (κ2) is 8.19. The third-order valence-electron chi connectivity index (χ3n) is 3.77. The highest BCUT2D eigenvalue weighted by molar-refractivity contribution is 8.04. The number of carboxylic acid groups (broad SMARTS) is 1. The van der Waals surface area contributed by atoms with Gasteiger partial charge in [0.05, 0.1) is 7.80 Å². The molecule has 0 aliphatic rings. The van der Waals surface area contributed by atoms with E-state index >= 15 is 0 Å². The number of aliphatic hydroxyl groups is 1. The monoisotopic (exact) mass is 366 g/mol. The minimum atomic E-state index is -2.22. The molecule has 0 radical (unpaired) electrons. The molecule has 2 unspecified atom stereocenters. The van der Waals surface area contributed by atoms with Crippen molar-refractivity contribution in [2.75, 3.05) is 11.7 Å². The van der Waals surface area contributed by atoms with Crippen LogP contribution in [0.2, 0.25) is 0 Å². The summed E-state index contributed by atoms with van der Waals surface area (Å²) in [7, 11) is -2.22. The molecule has 0 aliphatic carbocycles. The largest absolute Gasteiger partial charge is 0.479 e. The summed E-state index contributed by atoms with van der Waals surface area (Å²) in [6.45, 7) is 3.69. The Morgan fingerprint density at radius 1 is 1.21 bits per heavy atom. The molecular weight excluding hydrogens is 343 g/mol. The number of fused-ring (bicyclic) bond motifs is 1. The smallest absolute Gasteiger partial charge is 0.336 e. The summed E-state index contributed by atoms with van der Waals surface area (Å²) in [6, 6.07) is 13.9. The molecule has 2 aromatic carbocycles. The predicted octanol–water partition coefficient (Wildman–Crippen LogP) is 4.31. The Hall–Kier alpha value is -1.29. The fourth-order valence-electron chi connectivity index (χ4n) is 2.77. The van der Waals surface area contributed by atoms with Gasteiger partial charge in [0.15, 0.2) is 5.60 Å².